The van der Waals surface area contributed by atoms with E-state index in [2.05, 4.69) is 0 Å². The zero-order valence-electron chi connectivity index (χ0n) is 14.7. The van der Waals surface area contributed by atoms with E-state index in [0.29, 0.717) is 11.1 Å². The molecule has 0 N–H and O–H groups in total. The number of cyclic esters (lactones) is 1. The zero-order chi connectivity index (χ0) is 19.8. The molecule has 6 heteroatoms. The molecule has 3 nitrogen and oxygen atoms in total. The molecule has 2 aromatic carbocycles. The lowest BCUT2D eigenvalue weighted by atomic mass is 9.75. The fourth-order valence-electron chi connectivity index (χ4n) is 3.07. The van der Waals surface area contributed by atoms with Gasteiger partial charge in [0, 0.05) is 11.0 Å². The lowest BCUT2D eigenvalue weighted by Crippen LogP contribution is -2.31. The van der Waals surface area contributed by atoms with Crippen molar-refractivity contribution in [1.29, 1.82) is 0 Å². The van der Waals surface area contributed by atoms with E-state index in [4.69, 9.17) is 4.74 Å². The summed E-state index contributed by atoms with van der Waals surface area (Å²) in [7, 11) is 0. The van der Waals surface area contributed by atoms with Crippen molar-refractivity contribution in [2.75, 3.05) is 0 Å². The lowest BCUT2D eigenvalue weighted by molar-refractivity contribution is -0.138. The molecule has 27 heavy (non-hydrogen) atoms. The molecule has 1 saturated heterocycles. The van der Waals surface area contributed by atoms with Gasteiger partial charge in [-0.15, -0.1) is 0 Å². The van der Waals surface area contributed by atoms with E-state index in [9.17, 15) is 22.8 Å². The van der Waals surface area contributed by atoms with E-state index in [0.717, 1.165) is 12.1 Å². The lowest BCUT2D eigenvalue weighted by Gasteiger charge is -2.22. The summed E-state index contributed by atoms with van der Waals surface area (Å²) in [5.74, 6) is -1.77. The molecule has 0 aromatic heterocycles. The number of carbonyl (C=O) groups is 2. The molecule has 0 radical (unpaired) electrons. The maximum absolute atomic E-state index is 12.8. The molecule has 0 saturated carbocycles. The van der Waals surface area contributed by atoms with E-state index in [1.807, 2.05) is 0 Å². The van der Waals surface area contributed by atoms with Crippen molar-refractivity contribution in [3.8, 4) is 0 Å². The third-order valence-corrected chi connectivity index (χ3v) is 4.66. The van der Waals surface area contributed by atoms with Gasteiger partial charge in [-0.1, -0.05) is 56.3 Å². The molecule has 0 amide bonds. The van der Waals surface area contributed by atoms with Crippen molar-refractivity contribution >= 4 is 17.8 Å². The van der Waals surface area contributed by atoms with Crippen molar-refractivity contribution in [3.05, 3.63) is 77.0 Å². The van der Waals surface area contributed by atoms with Crippen molar-refractivity contribution in [2.24, 2.45) is 11.3 Å². The Balaban J connectivity index is 1.91. The van der Waals surface area contributed by atoms with E-state index in [1.165, 1.54) is 18.2 Å². The summed E-state index contributed by atoms with van der Waals surface area (Å²) in [6.07, 6.45) is -2.92. The number of carbonyl (C=O) groups excluding carboxylic acids is 2. The van der Waals surface area contributed by atoms with Crippen molar-refractivity contribution in [2.45, 2.75) is 20.0 Å². The fraction of sp³-hybridized carbons (Fsp3) is 0.238. The normalized spacial score (nSPS) is 20.6. The molecule has 1 aliphatic rings. The van der Waals surface area contributed by atoms with Gasteiger partial charge in [0.2, 0.25) is 0 Å². The highest BCUT2D eigenvalue weighted by Crippen LogP contribution is 2.45. The predicted octanol–water partition coefficient (Wildman–Crippen LogP) is 5.13. The number of benzene rings is 2. The number of alkyl halides is 3. The van der Waals surface area contributed by atoms with Gasteiger partial charge in [-0.25, -0.2) is 0 Å². The van der Waals surface area contributed by atoms with Crippen LogP contribution in [-0.4, -0.2) is 11.8 Å². The van der Waals surface area contributed by atoms with Crippen LogP contribution >= 0.6 is 0 Å². The van der Waals surface area contributed by atoms with Crippen LogP contribution in [0.5, 0.6) is 0 Å². The Bertz CT molecular complexity index is 895. The molecule has 1 atom stereocenters. The number of allylic oxidation sites excluding steroid dienone is 1. The van der Waals surface area contributed by atoms with Crippen LogP contribution in [0.3, 0.4) is 0 Å². The van der Waals surface area contributed by atoms with Crippen molar-refractivity contribution in [1.82, 2.24) is 0 Å². The van der Waals surface area contributed by atoms with Gasteiger partial charge in [0.05, 0.1) is 5.56 Å². The Hall–Kier alpha value is -2.89. The molecular formula is C21H17F3O3. The molecule has 2 aromatic rings. The van der Waals surface area contributed by atoms with Gasteiger partial charge < -0.3 is 4.74 Å². The first-order valence-corrected chi connectivity index (χ1v) is 8.31. The Morgan fingerprint density at radius 1 is 1.04 bits per heavy atom. The Kier molecular flexibility index (Phi) is 4.68. The Labute approximate surface area is 154 Å². The number of ketones is 1. The molecule has 140 valence electrons. The maximum Gasteiger partial charge on any atom is 0.416 e. The first-order chi connectivity index (χ1) is 12.6. The van der Waals surface area contributed by atoms with E-state index in [-0.39, 0.29) is 11.5 Å². The van der Waals surface area contributed by atoms with Gasteiger partial charge in [0.15, 0.2) is 5.78 Å². The minimum absolute atomic E-state index is 0.251. The van der Waals surface area contributed by atoms with Gasteiger partial charge in [-0.05, 0) is 23.8 Å². The quantitative estimate of drug-likeness (QED) is 0.425. The van der Waals surface area contributed by atoms with Crippen LogP contribution in [0.2, 0.25) is 0 Å². The maximum atomic E-state index is 12.8. The second kappa shape index (κ2) is 6.68. The predicted molar refractivity (Wildman–Crippen MR) is 93.6 cm³/mol. The van der Waals surface area contributed by atoms with Gasteiger partial charge in [-0.3, -0.25) is 9.59 Å². The average molecular weight is 374 g/mol. The monoisotopic (exact) mass is 374 g/mol. The van der Waals surface area contributed by atoms with Gasteiger partial charge in [0.1, 0.15) is 11.7 Å². The smallest absolute Gasteiger partial charge is 0.416 e. The second-order valence-electron chi connectivity index (χ2n) is 6.93. The highest BCUT2D eigenvalue weighted by molar-refractivity contribution is 6.11. The van der Waals surface area contributed by atoms with Crippen LogP contribution in [0.1, 0.15) is 35.3 Å². The standard InChI is InChI=1S/C21H17F3O3/c1-20(2)16(12-13-8-10-15(11-9-13)21(22,23)24)27-19(26)17(20)18(25)14-6-4-3-5-7-14/h3-12,17H,1-2H3/b16-12+. The van der Waals surface area contributed by atoms with Crippen LogP contribution in [-0.2, 0) is 15.7 Å². The SMILES string of the molecule is CC1(C)/C(=C\c2ccc(C(F)(F)F)cc2)OC(=O)C1C(=O)c1ccccc1. The second-order valence-corrected chi connectivity index (χ2v) is 6.93. The topological polar surface area (TPSA) is 43.4 Å². The molecule has 1 fully saturated rings. The number of ether oxygens (including phenoxy) is 1. The molecule has 1 unspecified atom stereocenters. The number of esters is 1. The van der Waals surface area contributed by atoms with E-state index >= 15 is 0 Å². The van der Waals surface area contributed by atoms with Gasteiger partial charge in [0.25, 0.3) is 0 Å². The van der Waals surface area contributed by atoms with Crippen LogP contribution in [0, 0.1) is 11.3 Å². The minimum Gasteiger partial charge on any atom is -0.430 e. The van der Waals surface area contributed by atoms with E-state index in [1.54, 1.807) is 44.2 Å². The Morgan fingerprint density at radius 3 is 2.19 bits per heavy atom. The summed E-state index contributed by atoms with van der Waals surface area (Å²) in [4.78, 5) is 25.1. The number of rotatable bonds is 3. The van der Waals surface area contributed by atoms with Gasteiger partial charge in [-0.2, -0.15) is 13.2 Å². The van der Waals surface area contributed by atoms with Crippen LogP contribution in [0.25, 0.3) is 6.08 Å². The van der Waals surface area contributed by atoms with Crippen molar-refractivity contribution < 1.29 is 27.5 Å². The highest BCUT2D eigenvalue weighted by atomic mass is 19.4. The molecule has 0 spiro atoms. The summed E-state index contributed by atoms with van der Waals surface area (Å²) in [5, 5.41) is 0. The summed E-state index contributed by atoms with van der Waals surface area (Å²) in [6, 6.07) is 13.0. The molecule has 0 bridgehead atoms. The number of halogens is 3. The number of hydrogen-bond acceptors (Lipinski definition) is 3. The molecular weight excluding hydrogens is 357 g/mol. The molecule has 1 heterocycles. The van der Waals surface area contributed by atoms with Gasteiger partial charge >= 0.3 is 12.1 Å². The number of hydrogen-bond donors (Lipinski definition) is 0. The fourth-order valence-corrected chi connectivity index (χ4v) is 3.07. The first-order valence-electron chi connectivity index (χ1n) is 8.31. The average Bonchev–Trinajstić information content (AvgIpc) is 2.83. The largest absolute Gasteiger partial charge is 0.430 e. The molecule has 3 rings (SSSR count). The van der Waals surface area contributed by atoms with Crippen LogP contribution in [0.15, 0.2) is 60.4 Å². The van der Waals surface area contributed by atoms with Crippen LogP contribution in [0.4, 0.5) is 13.2 Å². The third-order valence-electron chi connectivity index (χ3n) is 4.66. The van der Waals surface area contributed by atoms with Crippen molar-refractivity contribution in [3.63, 3.8) is 0 Å². The summed E-state index contributed by atoms with van der Waals surface area (Å²) in [5.41, 5.74) is -0.827. The summed E-state index contributed by atoms with van der Waals surface area (Å²) in [6.45, 7) is 3.42. The summed E-state index contributed by atoms with van der Waals surface area (Å²) >= 11 is 0. The number of Topliss-reactive ketones (excluding diaryl/α,β-unsaturated/α-hetero) is 1. The molecule has 1 aliphatic heterocycles. The molecule has 0 aliphatic carbocycles. The minimum atomic E-state index is -4.42. The van der Waals surface area contributed by atoms with Crippen LogP contribution < -0.4 is 0 Å². The van der Waals surface area contributed by atoms with E-state index < -0.39 is 29.0 Å². The zero-order valence-corrected chi connectivity index (χ0v) is 14.7. The Morgan fingerprint density at radius 2 is 1.63 bits per heavy atom. The third kappa shape index (κ3) is 3.65. The summed E-state index contributed by atoms with van der Waals surface area (Å²) < 4.78 is 43.3. The first kappa shape index (κ1) is 18.9. The highest BCUT2D eigenvalue weighted by Gasteiger charge is 2.52.